The van der Waals surface area contributed by atoms with Crippen LogP contribution in [0.25, 0.3) is 22.2 Å². The molecule has 1 aromatic carbocycles. The third kappa shape index (κ3) is 7.74. The Morgan fingerprint density at radius 2 is 1.79 bits per heavy atom. The molecule has 4 aromatic rings. The molecule has 0 bridgehead atoms. The van der Waals surface area contributed by atoms with Crippen LogP contribution in [-0.2, 0) is 4.79 Å². The lowest BCUT2D eigenvalue weighted by molar-refractivity contribution is -0.880. The summed E-state index contributed by atoms with van der Waals surface area (Å²) in [7, 11) is 6.29. The minimum absolute atomic E-state index is 0.122. The molecule has 2 aliphatic rings. The molecule has 0 aliphatic carbocycles. The monoisotopic (exact) mass is 730 g/mol. The molecular formula is C36H38F2N9O6+. The third-order valence-corrected chi connectivity index (χ3v) is 9.21. The number of hydrogen-bond acceptors (Lipinski definition) is 11. The first-order chi connectivity index (χ1) is 25.4. The lowest BCUT2D eigenvalue weighted by atomic mass is 10.0. The molecular weight excluding hydrogens is 692 g/mol. The average Bonchev–Trinajstić information content (AvgIpc) is 3.60. The van der Waals surface area contributed by atoms with Crippen LogP contribution in [0.2, 0.25) is 0 Å². The number of fused-ring (bicyclic) bond motifs is 1. The van der Waals surface area contributed by atoms with Gasteiger partial charge in [-0.1, -0.05) is 4.99 Å². The van der Waals surface area contributed by atoms with Gasteiger partial charge in [0.1, 0.15) is 18.4 Å². The maximum atomic E-state index is 15.8. The number of likely N-dealkylation sites (N-methyl/N-ethyl adjacent to an activating group) is 1. The Kier molecular flexibility index (Phi) is 10.6. The van der Waals surface area contributed by atoms with E-state index in [1.54, 1.807) is 35.5 Å². The first-order valence-corrected chi connectivity index (χ1v) is 16.8. The number of nitrogens with one attached hydrogen (secondary N) is 1. The van der Waals surface area contributed by atoms with Crippen molar-refractivity contribution >= 4 is 34.8 Å². The molecule has 2 aliphatic heterocycles. The van der Waals surface area contributed by atoms with E-state index in [0.717, 1.165) is 6.07 Å². The van der Waals surface area contributed by atoms with Crippen LogP contribution in [0.1, 0.15) is 25.3 Å². The zero-order valence-corrected chi connectivity index (χ0v) is 29.6. The molecule has 1 fully saturated rings. The van der Waals surface area contributed by atoms with E-state index in [2.05, 4.69) is 25.3 Å². The average molecular weight is 731 g/mol. The SMILES string of the molecule is COc1cc(OC)c(F)c(-c2cc3cnc(Nc4ccncc4)nc3n(C3CCN(C(=O)/C=C/C[N+](C)(C)CC4=C([N+](=O)[O-])N=CC4)CC3)c2=O)c1F. The van der Waals surface area contributed by atoms with Crippen LogP contribution in [0.4, 0.5) is 20.4 Å². The van der Waals surface area contributed by atoms with Crippen molar-refractivity contribution in [2.75, 3.05) is 59.8 Å². The van der Waals surface area contributed by atoms with Crippen LogP contribution < -0.4 is 20.3 Å². The number of halogens is 2. The minimum Gasteiger partial charge on any atom is -0.494 e. The van der Waals surface area contributed by atoms with Crippen LogP contribution in [-0.4, -0.2) is 100 Å². The molecule has 0 unspecified atom stereocenters. The predicted molar refractivity (Wildman–Crippen MR) is 193 cm³/mol. The number of amides is 1. The number of piperidine rings is 1. The summed E-state index contributed by atoms with van der Waals surface area (Å²) >= 11 is 0. The van der Waals surface area contributed by atoms with Gasteiger partial charge in [-0.05, 0) is 42.0 Å². The largest absolute Gasteiger partial charge is 0.494 e. The highest BCUT2D eigenvalue weighted by molar-refractivity contribution is 5.87. The van der Waals surface area contributed by atoms with Crippen molar-refractivity contribution in [1.82, 2.24) is 24.4 Å². The van der Waals surface area contributed by atoms with Crippen LogP contribution in [0.3, 0.4) is 0 Å². The normalized spacial score (nSPS) is 15.1. The molecule has 6 rings (SSSR count). The number of rotatable bonds is 12. The van der Waals surface area contributed by atoms with Crippen molar-refractivity contribution in [3.8, 4) is 22.6 Å². The van der Waals surface area contributed by atoms with E-state index in [1.807, 2.05) is 14.1 Å². The molecule has 5 heterocycles. The second-order valence-corrected chi connectivity index (χ2v) is 13.3. The van der Waals surface area contributed by atoms with E-state index in [9.17, 15) is 19.7 Å². The Hall–Kier alpha value is -6.10. The number of pyridine rings is 2. The van der Waals surface area contributed by atoms with E-state index in [1.165, 1.54) is 43.3 Å². The smallest absolute Gasteiger partial charge is 0.368 e. The molecule has 53 heavy (non-hydrogen) atoms. The number of ether oxygens (including phenoxy) is 2. The first-order valence-electron chi connectivity index (χ1n) is 16.8. The third-order valence-electron chi connectivity index (χ3n) is 9.21. The summed E-state index contributed by atoms with van der Waals surface area (Å²) in [5.41, 5.74) is -0.0249. The maximum absolute atomic E-state index is 15.8. The van der Waals surface area contributed by atoms with Crippen LogP contribution in [0, 0.1) is 21.7 Å². The van der Waals surface area contributed by atoms with Crippen molar-refractivity contribution in [2.45, 2.75) is 25.3 Å². The Balaban J connectivity index is 1.28. The summed E-state index contributed by atoms with van der Waals surface area (Å²) in [4.78, 5) is 57.1. The van der Waals surface area contributed by atoms with Crippen LogP contribution in [0.5, 0.6) is 11.5 Å². The highest BCUT2D eigenvalue weighted by Gasteiger charge is 2.31. The summed E-state index contributed by atoms with van der Waals surface area (Å²) in [5, 5.41) is 14.7. The Morgan fingerprint density at radius 1 is 1.11 bits per heavy atom. The Bertz CT molecular complexity index is 2190. The predicted octanol–water partition coefficient (Wildman–Crippen LogP) is 4.65. The van der Waals surface area contributed by atoms with Crippen molar-refractivity contribution in [3.63, 3.8) is 0 Å². The standard InChI is InChI=1S/C36H37F2N9O6/c1-47(2,21-22-7-14-40-33(22)46(50)51)17-5-6-29(48)44-15-10-25(11-16-44)45-34-23(20-41-36(43-34)42-24-8-12-39-13-9-24)18-26(35(45)49)30-31(37)27(52-3)19-28(53-4)32(30)38/h5-6,8-9,12-14,18-20,25H,7,10-11,15-17,21H2,1-4H3/p+1/b6-5+. The molecule has 276 valence electrons. The van der Waals surface area contributed by atoms with E-state index in [0.29, 0.717) is 66.6 Å². The highest BCUT2D eigenvalue weighted by Crippen LogP contribution is 2.38. The van der Waals surface area contributed by atoms with E-state index < -0.39 is 33.7 Å². The number of nitro groups is 1. The summed E-state index contributed by atoms with van der Waals surface area (Å²) < 4.78 is 43.6. The summed E-state index contributed by atoms with van der Waals surface area (Å²) in [5.74, 6) is -2.88. The lowest BCUT2D eigenvalue weighted by Crippen LogP contribution is -2.42. The number of aromatic nitrogens is 4. The van der Waals surface area contributed by atoms with Crippen molar-refractivity contribution in [3.05, 3.63) is 98.5 Å². The first kappa shape index (κ1) is 36.7. The number of aliphatic imine (C=N–C) groups is 1. The van der Waals surface area contributed by atoms with Gasteiger partial charge in [0.2, 0.25) is 11.9 Å². The van der Waals surface area contributed by atoms with Gasteiger partial charge >= 0.3 is 5.82 Å². The van der Waals surface area contributed by atoms with Gasteiger partial charge in [-0.25, -0.2) is 13.8 Å². The van der Waals surface area contributed by atoms with Gasteiger partial charge in [0.05, 0.1) is 51.6 Å². The lowest BCUT2D eigenvalue weighted by Gasteiger charge is -2.33. The van der Waals surface area contributed by atoms with Crippen molar-refractivity contribution in [1.29, 1.82) is 0 Å². The van der Waals surface area contributed by atoms with Gasteiger partial charge in [0.15, 0.2) is 23.1 Å². The summed E-state index contributed by atoms with van der Waals surface area (Å²) in [6, 6.07) is 5.38. The highest BCUT2D eigenvalue weighted by atomic mass is 19.1. The molecule has 0 atom stereocenters. The van der Waals surface area contributed by atoms with Gasteiger partial charge < -0.3 is 34.3 Å². The number of quaternary nitrogens is 1. The van der Waals surface area contributed by atoms with Gasteiger partial charge in [0, 0.05) is 67.4 Å². The zero-order valence-electron chi connectivity index (χ0n) is 29.6. The number of hydrogen-bond donors (Lipinski definition) is 1. The van der Waals surface area contributed by atoms with Gasteiger partial charge in [-0.3, -0.25) is 19.1 Å². The van der Waals surface area contributed by atoms with Gasteiger partial charge in [0.25, 0.3) is 5.56 Å². The molecule has 3 aromatic heterocycles. The van der Waals surface area contributed by atoms with Crippen LogP contribution in [0.15, 0.2) is 76.2 Å². The number of carbonyl (C=O) groups is 1. The number of likely N-dealkylation sites (tertiary alicyclic amines) is 1. The molecule has 1 N–H and O–H groups in total. The quantitative estimate of drug-likeness (QED) is 0.0938. The van der Waals surface area contributed by atoms with Crippen molar-refractivity contribution in [2.24, 2.45) is 4.99 Å². The molecule has 0 saturated carbocycles. The number of methoxy groups -OCH3 is 2. The van der Waals surface area contributed by atoms with Gasteiger partial charge in [-0.2, -0.15) is 4.98 Å². The molecule has 0 spiro atoms. The van der Waals surface area contributed by atoms with Crippen LogP contribution >= 0.6 is 0 Å². The molecule has 0 radical (unpaired) electrons. The Morgan fingerprint density at radius 3 is 2.43 bits per heavy atom. The molecule has 15 nitrogen and oxygen atoms in total. The zero-order chi connectivity index (χ0) is 37.9. The molecule has 1 saturated heterocycles. The second kappa shape index (κ2) is 15.2. The fourth-order valence-corrected chi connectivity index (χ4v) is 6.59. The fraction of sp³-hybridized carbons (Fsp3) is 0.333. The Labute approximate surface area is 302 Å². The summed E-state index contributed by atoms with van der Waals surface area (Å²) in [6.45, 7) is 1.44. The minimum atomic E-state index is -1.06. The van der Waals surface area contributed by atoms with E-state index >= 15 is 8.78 Å². The number of carbonyl (C=O) groups excluding carboxylic acids is 1. The topological polar surface area (TPSA) is 167 Å². The molecule has 1 amide bonds. The second-order valence-electron chi connectivity index (χ2n) is 13.3. The number of nitrogens with zero attached hydrogens (tertiary/aromatic N) is 8. The summed E-state index contributed by atoms with van der Waals surface area (Å²) in [6.07, 6.45) is 10.5. The molecule has 17 heteroatoms. The van der Waals surface area contributed by atoms with Gasteiger partial charge in [-0.15, -0.1) is 0 Å². The number of anilines is 2. The fourth-order valence-electron chi connectivity index (χ4n) is 6.59. The van der Waals surface area contributed by atoms with E-state index in [4.69, 9.17) is 9.47 Å². The number of benzene rings is 1. The maximum Gasteiger partial charge on any atom is 0.368 e. The van der Waals surface area contributed by atoms with E-state index in [-0.39, 0.29) is 40.4 Å². The van der Waals surface area contributed by atoms with Crippen molar-refractivity contribution < 1.29 is 32.5 Å².